The van der Waals surface area contributed by atoms with Crippen LogP contribution in [0.4, 0.5) is 0 Å². The summed E-state index contributed by atoms with van der Waals surface area (Å²) in [5, 5.41) is 3.11. The zero-order valence-corrected chi connectivity index (χ0v) is 7.89. The van der Waals surface area contributed by atoms with Crippen molar-refractivity contribution in [1.82, 2.24) is 5.32 Å². The fourth-order valence-electron chi connectivity index (χ4n) is 1.23. The zero-order chi connectivity index (χ0) is 8.81. The summed E-state index contributed by atoms with van der Waals surface area (Å²) in [7, 11) is 1.97. The molecule has 0 atom stereocenters. The van der Waals surface area contributed by atoms with Gasteiger partial charge in [0.15, 0.2) is 0 Å². The van der Waals surface area contributed by atoms with E-state index in [0.29, 0.717) is 0 Å². The second-order valence-corrected chi connectivity index (χ2v) is 2.98. The summed E-state index contributed by atoms with van der Waals surface area (Å²) < 4.78 is 5.42. The molecule has 0 bridgehead atoms. The molecule has 0 saturated carbocycles. The molecule has 0 aromatic carbocycles. The molecule has 1 N–H and O–H groups in total. The van der Waals surface area contributed by atoms with Gasteiger partial charge in [0.05, 0.1) is 6.61 Å². The van der Waals surface area contributed by atoms with E-state index in [1.807, 2.05) is 7.05 Å². The lowest BCUT2D eigenvalue weighted by atomic mass is 10.2. The monoisotopic (exact) mass is 167 g/mol. The van der Waals surface area contributed by atoms with E-state index in [0.717, 1.165) is 31.8 Å². The van der Waals surface area contributed by atoms with Crippen LogP contribution in [-0.4, -0.2) is 20.2 Å². The minimum Gasteiger partial charge on any atom is -0.493 e. The normalized spacial score (nSPS) is 17.5. The van der Waals surface area contributed by atoms with E-state index >= 15 is 0 Å². The van der Waals surface area contributed by atoms with Gasteiger partial charge in [-0.3, -0.25) is 0 Å². The highest BCUT2D eigenvalue weighted by Crippen LogP contribution is 2.17. The molecule has 0 saturated heterocycles. The van der Waals surface area contributed by atoms with Crippen LogP contribution in [-0.2, 0) is 4.74 Å². The molecule has 0 aromatic rings. The van der Waals surface area contributed by atoms with Gasteiger partial charge >= 0.3 is 0 Å². The van der Waals surface area contributed by atoms with E-state index in [4.69, 9.17) is 4.74 Å². The maximum absolute atomic E-state index is 5.42. The van der Waals surface area contributed by atoms with Crippen molar-refractivity contribution in [3.05, 3.63) is 23.5 Å². The van der Waals surface area contributed by atoms with Gasteiger partial charge < -0.3 is 10.1 Å². The first-order valence-corrected chi connectivity index (χ1v) is 4.49. The highest BCUT2D eigenvalue weighted by molar-refractivity contribution is 5.25. The van der Waals surface area contributed by atoms with Crippen LogP contribution in [0.2, 0.25) is 0 Å². The molecule has 68 valence electrons. The van der Waals surface area contributed by atoms with Gasteiger partial charge in [-0.05, 0) is 38.6 Å². The zero-order valence-electron chi connectivity index (χ0n) is 7.89. The average molecular weight is 167 g/mol. The van der Waals surface area contributed by atoms with Crippen LogP contribution >= 0.6 is 0 Å². The number of nitrogens with one attached hydrogen (secondary N) is 1. The predicted molar refractivity (Wildman–Crippen MR) is 51.0 cm³/mol. The Hall–Kier alpha value is -0.760. The molecule has 12 heavy (non-hydrogen) atoms. The Kier molecular flexibility index (Phi) is 3.88. The minimum absolute atomic E-state index is 0.854. The lowest BCUT2D eigenvalue weighted by Gasteiger charge is -2.03. The first-order valence-electron chi connectivity index (χ1n) is 4.49. The third kappa shape index (κ3) is 2.70. The van der Waals surface area contributed by atoms with Crippen molar-refractivity contribution in [2.75, 3.05) is 20.2 Å². The van der Waals surface area contributed by atoms with Crippen molar-refractivity contribution in [3.63, 3.8) is 0 Å². The molecular formula is C10H17NO. The molecule has 0 unspecified atom stereocenters. The molecule has 1 aliphatic heterocycles. The topological polar surface area (TPSA) is 21.3 Å². The maximum atomic E-state index is 5.42. The van der Waals surface area contributed by atoms with Crippen LogP contribution in [0.15, 0.2) is 23.5 Å². The van der Waals surface area contributed by atoms with Crippen LogP contribution in [0, 0.1) is 0 Å². The van der Waals surface area contributed by atoms with E-state index in [1.54, 1.807) is 0 Å². The van der Waals surface area contributed by atoms with Crippen molar-refractivity contribution in [3.8, 4) is 0 Å². The Bertz CT molecular complexity index is 194. The number of ether oxygens (including phenoxy) is 1. The number of rotatable bonds is 4. The molecule has 2 heteroatoms. The Morgan fingerprint density at radius 2 is 2.58 bits per heavy atom. The SMILES string of the molecule is CNCC/C=C(/C)C1=CCCO1. The Balaban J connectivity index is 2.34. The molecule has 0 amide bonds. The number of hydrogen-bond acceptors (Lipinski definition) is 2. The van der Waals surface area contributed by atoms with E-state index < -0.39 is 0 Å². The van der Waals surface area contributed by atoms with Crippen molar-refractivity contribution < 1.29 is 4.74 Å². The highest BCUT2D eigenvalue weighted by atomic mass is 16.5. The van der Waals surface area contributed by atoms with Gasteiger partial charge in [-0.1, -0.05) is 6.08 Å². The van der Waals surface area contributed by atoms with Gasteiger partial charge in [-0.25, -0.2) is 0 Å². The Labute approximate surface area is 74.3 Å². The lowest BCUT2D eigenvalue weighted by Crippen LogP contribution is -2.06. The summed E-state index contributed by atoms with van der Waals surface area (Å²) in [4.78, 5) is 0. The van der Waals surface area contributed by atoms with Crippen molar-refractivity contribution >= 4 is 0 Å². The largest absolute Gasteiger partial charge is 0.493 e. The standard InChI is InChI=1S/C10H17NO/c1-9(5-3-7-11-2)10-6-4-8-12-10/h5-6,11H,3-4,7-8H2,1-2H3/b9-5-. The average Bonchev–Trinajstić information content (AvgIpc) is 2.56. The summed E-state index contributed by atoms with van der Waals surface area (Å²) in [6.45, 7) is 3.99. The summed E-state index contributed by atoms with van der Waals surface area (Å²) >= 11 is 0. The van der Waals surface area contributed by atoms with Crippen LogP contribution in [0.5, 0.6) is 0 Å². The summed E-state index contributed by atoms with van der Waals surface area (Å²) in [6, 6.07) is 0. The van der Waals surface area contributed by atoms with Gasteiger partial charge in [-0.2, -0.15) is 0 Å². The van der Waals surface area contributed by atoms with Crippen molar-refractivity contribution in [2.45, 2.75) is 19.8 Å². The van der Waals surface area contributed by atoms with E-state index in [2.05, 4.69) is 24.4 Å². The Morgan fingerprint density at radius 1 is 1.75 bits per heavy atom. The molecular weight excluding hydrogens is 150 g/mol. The summed E-state index contributed by atoms with van der Waals surface area (Å²) in [6.07, 6.45) is 6.51. The minimum atomic E-state index is 0.854. The van der Waals surface area contributed by atoms with E-state index in [1.165, 1.54) is 5.57 Å². The fraction of sp³-hybridized carbons (Fsp3) is 0.600. The Morgan fingerprint density at radius 3 is 3.17 bits per heavy atom. The van der Waals surface area contributed by atoms with Gasteiger partial charge in [-0.15, -0.1) is 0 Å². The second-order valence-electron chi connectivity index (χ2n) is 2.98. The summed E-state index contributed by atoms with van der Waals surface area (Å²) in [5.41, 5.74) is 1.27. The molecule has 0 aliphatic carbocycles. The first-order chi connectivity index (χ1) is 5.84. The van der Waals surface area contributed by atoms with Crippen molar-refractivity contribution in [2.24, 2.45) is 0 Å². The van der Waals surface area contributed by atoms with Gasteiger partial charge in [0, 0.05) is 6.42 Å². The first kappa shape index (κ1) is 9.33. The number of allylic oxidation sites excluding steroid dienone is 1. The van der Waals surface area contributed by atoms with Crippen LogP contribution in [0.1, 0.15) is 19.8 Å². The van der Waals surface area contributed by atoms with Crippen molar-refractivity contribution in [1.29, 1.82) is 0 Å². The molecule has 1 rings (SSSR count). The maximum Gasteiger partial charge on any atom is 0.118 e. The summed E-state index contributed by atoms with van der Waals surface area (Å²) in [5.74, 6) is 1.08. The van der Waals surface area contributed by atoms with Gasteiger partial charge in [0.25, 0.3) is 0 Å². The lowest BCUT2D eigenvalue weighted by molar-refractivity contribution is 0.252. The van der Waals surface area contributed by atoms with Crippen LogP contribution in [0.3, 0.4) is 0 Å². The highest BCUT2D eigenvalue weighted by Gasteiger charge is 2.05. The molecule has 0 aromatic heterocycles. The predicted octanol–water partition coefficient (Wildman–Crippen LogP) is 1.85. The molecule has 2 nitrogen and oxygen atoms in total. The molecule has 0 spiro atoms. The van der Waals surface area contributed by atoms with Gasteiger partial charge in [0.1, 0.15) is 5.76 Å². The van der Waals surface area contributed by atoms with E-state index in [-0.39, 0.29) is 0 Å². The third-order valence-electron chi connectivity index (χ3n) is 1.94. The molecule has 0 radical (unpaired) electrons. The van der Waals surface area contributed by atoms with Gasteiger partial charge in [0.2, 0.25) is 0 Å². The smallest absolute Gasteiger partial charge is 0.118 e. The fourth-order valence-corrected chi connectivity index (χ4v) is 1.23. The third-order valence-corrected chi connectivity index (χ3v) is 1.94. The van der Waals surface area contributed by atoms with Crippen LogP contribution in [0.25, 0.3) is 0 Å². The number of hydrogen-bond donors (Lipinski definition) is 1. The second kappa shape index (κ2) is 4.99. The molecule has 1 heterocycles. The quantitative estimate of drug-likeness (QED) is 0.645. The molecule has 1 aliphatic rings. The van der Waals surface area contributed by atoms with E-state index in [9.17, 15) is 0 Å². The molecule has 0 fully saturated rings. The van der Waals surface area contributed by atoms with Crippen LogP contribution < -0.4 is 5.32 Å².